The summed E-state index contributed by atoms with van der Waals surface area (Å²) in [5, 5.41) is 9.92. The highest BCUT2D eigenvalue weighted by Crippen LogP contribution is 2.14. The average Bonchev–Trinajstić information content (AvgIpc) is 2.88. The van der Waals surface area contributed by atoms with Crippen LogP contribution in [0.1, 0.15) is 11.1 Å². The molecular formula is C13H16N4OS2. The summed E-state index contributed by atoms with van der Waals surface area (Å²) in [7, 11) is 0. The molecule has 0 atom stereocenters. The number of carbonyl (C=O) groups excluding carboxylic acids is 1. The van der Waals surface area contributed by atoms with E-state index in [1.165, 1.54) is 22.9 Å². The fourth-order valence-corrected chi connectivity index (χ4v) is 2.61. The third-order valence-corrected chi connectivity index (χ3v) is 4.08. The number of thioether (sulfide) groups is 2. The van der Waals surface area contributed by atoms with Crippen molar-refractivity contribution in [1.29, 1.82) is 0 Å². The Kier molecular flexibility index (Phi) is 5.49. The van der Waals surface area contributed by atoms with Gasteiger partial charge in [0.25, 0.3) is 0 Å². The molecule has 1 aromatic carbocycles. The Morgan fingerprint density at radius 1 is 1.35 bits per heavy atom. The first-order valence-electron chi connectivity index (χ1n) is 6.07. The number of hydrogen-bond acceptors (Lipinski definition) is 5. The molecule has 0 radical (unpaired) electrons. The molecule has 5 nitrogen and oxygen atoms in total. The Bertz CT molecular complexity index is 568. The van der Waals surface area contributed by atoms with Crippen molar-refractivity contribution in [2.45, 2.75) is 17.8 Å². The highest BCUT2D eigenvalue weighted by molar-refractivity contribution is 7.99. The number of anilines is 1. The lowest BCUT2D eigenvalue weighted by molar-refractivity contribution is -0.113. The summed E-state index contributed by atoms with van der Waals surface area (Å²) in [6, 6.07) is 8.33. The van der Waals surface area contributed by atoms with Crippen molar-refractivity contribution in [3.8, 4) is 0 Å². The van der Waals surface area contributed by atoms with Crippen LogP contribution < -0.4 is 5.32 Å². The lowest BCUT2D eigenvalue weighted by Crippen LogP contribution is -2.15. The van der Waals surface area contributed by atoms with Gasteiger partial charge in [-0.2, -0.15) is 4.98 Å². The minimum atomic E-state index is -0.0779. The van der Waals surface area contributed by atoms with Crippen LogP contribution in [0.4, 0.5) is 5.95 Å². The number of benzene rings is 1. The van der Waals surface area contributed by atoms with Gasteiger partial charge >= 0.3 is 0 Å². The summed E-state index contributed by atoms with van der Waals surface area (Å²) in [4.78, 5) is 15.8. The first-order chi connectivity index (χ1) is 9.67. The zero-order valence-corrected chi connectivity index (χ0v) is 13.0. The molecule has 7 heteroatoms. The molecule has 2 N–H and O–H groups in total. The smallest absolute Gasteiger partial charge is 0.236 e. The van der Waals surface area contributed by atoms with E-state index in [-0.39, 0.29) is 5.91 Å². The van der Waals surface area contributed by atoms with Crippen LogP contribution in [0.2, 0.25) is 0 Å². The van der Waals surface area contributed by atoms with Crippen LogP contribution >= 0.6 is 23.5 Å². The number of carbonyl (C=O) groups is 1. The van der Waals surface area contributed by atoms with E-state index in [1.807, 2.05) is 6.26 Å². The van der Waals surface area contributed by atoms with E-state index in [2.05, 4.69) is 51.7 Å². The quantitative estimate of drug-likeness (QED) is 0.803. The van der Waals surface area contributed by atoms with Gasteiger partial charge in [0.1, 0.15) is 0 Å². The number of aryl methyl sites for hydroxylation is 1. The van der Waals surface area contributed by atoms with E-state index in [1.54, 1.807) is 11.8 Å². The van der Waals surface area contributed by atoms with Crippen molar-refractivity contribution in [2.75, 3.05) is 17.3 Å². The maximum Gasteiger partial charge on any atom is 0.236 e. The predicted octanol–water partition coefficient (Wildman–Crippen LogP) is 2.71. The fourth-order valence-electron chi connectivity index (χ4n) is 1.51. The van der Waals surface area contributed by atoms with Gasteiger partial charge in [0.05, 0.1) is 5.75 Å². The van der Waals surface area contributed by atoms with Crippen LogP contribution in [-0.4, -0.2) is 33.1 Å². The normalized spacial score (nSPS) is 10.5. The zero-order chi connectivity index (χ0) is 14.4. The molecule has 20 heavy (non-hydrogen) atoms. The highest BCUT2D eigenvalue weighted by atomic mass is 32.2. The lowest BCUT2D eigenvalue weighted by Gasteiger charge is -2.03. The van der Waals surface area contributed by atoms with Crippen LogP contribution in [0.25, 0.3) is 0 Å². The maximum atomic E-state index is 11.7. The van der Waals surface area contributed by atoms with Gasteiger partial charge in [-0.15, -0.1) is 16.9 Å². The number of aromatic amines is 1. The molecule has 0 aliphatic heterocycles. The average molecular weight is 308 g/mol. The second kappa shape index (κ2) is 7.35. The number of rotatable bonds is 6. The zero-order valence-electron chi connectivity index (χ0n) is 11.3. The summed E-state index contributed by atoms with van der Waals surface area (Å²) in [5.41, 5.74) is 2.46. The summed E-state index contributed by atoms with van der Waals surface area (Å²) < 4.78 is 0. The number of hydrogen-bond donors (Lipinski definition) is 2. The van der Waals surface area contributed by atoms with Gasteiger partial charge in [-0.25, -0.2) is 5.10 Å². The van der Waals surface area contributed by atoms with E-state index in [4.69, 9.17) is 0 Å². The van der Waals surface area contributed by atoms with E-state index in [9.17, 15) is 4.79 Å². The third-order valence-electron chi connectivity index (χ3n) is 2.53. The van der Waals surface area contributed by atoms with E-state index < -0.39 is 0 Å². The van der Waals surface area contributed by atoms with Gasteiger partial charge in [-0.1, -0.05) is 41.6 Å². The molecule has 2 rings (SSSR count). The van der Waals surface area contributed by atoms with Gasteiger partial charge in [-0.3, -0.25) is 10.1 Å². The van der Waals surface area contributed by atoms with Gasteiger partial charge < -0.3 is 0 Å². The Morgan fingerprint density at radius 3 is 2.75 bits per heavy atom. The van der Waals surface area contributed by atoms with Crippen molar-refractivity contribution in [2.24, 2.45) is 0 Å². The molecule has 2 aromatic rings. The van der Waals surface area contributed by atoms with Crippen LogP contribution in [0.3, 0.4) is 0 Å². The summed E-state index contributed by atoms with van der Waals surface area (Å²) >= 11 is 3.00. The Balaban J connectivity index is 1.73. The molecule has 0 spiro atoms. The molecule has 1 amide bonds. The largest absolute Gasteiger partial charge is 0.294 e. The highest BCUT2D eigenvalue weighted by Gasteiger charge is 2.07. The second-order valence-corrected chi connectivity index (χ2v) is 5.96. The second-order valence-electron chi connectivity index (χ2n) is 4.20. The maximum absolute atomic E-state index is 11.7. The molecule has 0 saturated heterocycles. The van der Waals surface area contributed by atoms with Crippen molar-refractivity contribution >= 4 is 35.4 Å². The summed E-state index contributed by atoms with van der Waals surface area (Å²) in [6.45, 7) is 2.06. The molecule has 106 valence electrons. The fraction of sp³-hybridized carbons (Fsp3) is 0.308. The van der Waals surface area contributed by atoms with Gasteiger partial charge in [0.15, 0.2) is 0 Å². The van der Waals surface area contributed by atoms with Gasteiger partial charge in [0, 0.05) is 5.75 Å². The van der Waals surface area contributed by atoms with E-state index in [0.29, 0.717) is 16.9 Å². The first kappa shape index (κ1) is 14.9. The SMILES string of the molecule is CSc1n[nH]c(NC(=O)CSCc2ccc(C)cc2)n1. The number of H-pyrrole nitrogens is 1. The van der Waals surface area contributed by atoms with Crippen LogP contribution in [0.15, 0.2) is 29.4 Å². The predicted molar refractivity (Wildman–Crippen MR) is 84.1 cm³/mol. The molecule has 1 aromatic heterocycles. The topological polar surface area (TPSA) is 70.7 Å². The molecular weight excluding hydrogens is 292 g/mol. The minimum absolute atomic E-state index is 0.0779. The van der Waals surface area contributed by atoms with Crippen LogP contribution in [0.5, 0.6) is 0 Å². The Labute approximate surface area is 126 Å². The molecule has 0 aliphatic carbocycles. The van der Waals surface area contributed by atoms with Crippen LogP contribution in [-0.2, 0) is 10.5 Å². The van der Waals surface area contributed by atoms with Gasteiger partial charge in [-0.05, 0) is 18.7 Å². The lowest BCUT2D eigenvalue weighted by atomic mass is 10.2. The molecule has 1 heterocycles. The third kappa shape index (κ3) is 4.57. The van der Waals surface area contributed by atoms with Crippen LogP contribution in [0, 0.1) is 6.92 Å². The molecule has 0 bridgehead atoms. The van der Waals surface area contributed by atoms with Crippen molar-refractivity contribution in [1.82, 2.24) is 15.2 Å². The van der Waals surface area contributed by atoms with Crippen molar-refractivity contribution < 1.29 is 4.79 Å². The number of nitrogens with zero attached hydrogens (tertiary/aromatic N) is 2. The molecule has 0 aliphatic rings. The van der Waals surface area contributed by atoms with E-state index in [0.717, 1.165) is 5.75 Å². The standard InChI is InChI=1S/C13H16N4OS2/c1-9-3-5-10(6-4-9)7-20-8-11(18)14-12-15-13(19-2)17-16-12/h3-6H,7-8H2,1-2H3,(H2,14,15,16,17,18). The first-order valence-corrected chi connectivity index (χ1v) is 8.45. The van der Waals surface area contributed by atoms with Gasteiger partial charge in [0.2, 0.25) is 17.0 Å². The Morgan fingerprint density at radius 2 is 2.10 bits per heavy atom. The summed E-state index contributed by atoms with van der Waals surface area (Å²) in [5.74, 6) is 1.53. The van der Waals surface area contributed by atoms with Crippen molar-refractivity contribution in [3.63, 3.8) is 0 Å². The monoisotopic (exact) mass is 308 g/mol. The summed E-state index contributed by atoms with van der Waals surface area (Å²) in [6.07, 6.45) is 1.88. The molecule has 0 unspecified atom stereocenters. The van der Waals surface area contributed by atoms with Crippen molar-refractivity contribution in [3.05, 3.63) is 35.4 Å². The number of nitrogens with one attached hydrogen (secondary N) is 2. The number of aromatic nitrogens is 3. The Hall–Kier alpha value is -1.47. The molecule has 0 fully saturated rings. The van der Waals surface area contributed by atoms with E-state index >= 15 is 0 Å². The number of amides is 1. The minimum Gasteiger partial charge on any atom is -0.294 e. The molecule has 0 saturated carbocycles.